The highest BCUT2D eigenvalue weighted by Crippen LogP contribution is 2.30. The molecule has 0 saturated carbocycles. The third kappa shape index (κ3) is 6.53. The van der Waals surface area contributed by atoms with Crippen LogP contribution >= 0.6 is 0 Å². The number of carboxylic acids is 1. The number of fused-ring (bicyclic) bond motifs is 2. The first-order chi connectivity index (χ1) is 14.6. The summed E-state index contributed by atoms with van der Waals surface area (Å²) in [6.07, 6.45) is 0. The van der Waals surface area contributed by atoms with Crippen molar-refractivity contribution >= 4 is 5.97 Å². The first-order valence-corrected chi connectivity index (χ1v) is 9.68. The molecule has 0 bridgehead atoms. The lowest BCUT2D eigenvalue weighted by atomic mass is 10.1. The van der Waals surface area contributed by atoms with Gasteiger partial charge in [0.2, 0.25) is 0 Å². The standard InChI is InChI=1S/C22H26O8/c1-22(30-14-21(23)24)15-28-19-8-4-2-6-17(19)26-12-10-25-11-13-27-18-7-3-5-9-20(18)29-16-22/h2-9H,10-16H2,1H3,(H,23,24). The zero-order valence-electron chi connectivity index (χ0n) is 16.9. The molecule has 0 atom stereocenters. The minimum atomic E-state index is -1.07. The Morgan fingerprint density at radius 3 is 1.70 bits per heavy atom. The molecule has 162 valence electrons. The summed E-state index contributed by atoms with van der Waals surface area (Å²) >= 11 is 0. The van der Waals surface area contributed by atoms with Crippen molar-refractivity contribution in [2.45, 2.75) is 12.5 Å². The summed E-state index contributed by atoms with van der Waals surface area (Å²) in [5.74, 6) is 1.11. The summed E-state index contributed by atoms with van der Waals surface area (Å²) in [6, 6.07) is 14.5. The highest BCUT2D eigenvalue weighted by atomic mass is 16.6. The molecule has 8 heteroatoms. The van der Waals surface area contributed by atoms with Crippen molar-refractivity contribution in [1.82, 2.24) is 0 Å². The fourth-order valence-corrected chi connectivity index (χ4v) is 2.72. The van der Waals surface area contributed by atoms with E-state index in [9.17, 15) is 4.79 Å². The second-order valence-corrected chi connectivity index (χ2v) is 6.91. The van der Waals surface area contributed by atoms with Crippen LogP contribution in [0.1, 0.15) is 6.92 Å². The van der Waals surface area contributed by atoms with Crippen LogP contribution in [0.3, 0.4) is 0 Å². The fourth-order valence-electron chi connectivity index (χ4n) is 2.72. The van der Waals surface area contributed by atoms with E-state index in [1.165, 1.54) is 0 Å². The number of ether oxygens (including phenoxy) is 6. The summed E-state index contributed by atoms with van der Waals surface area (Å²) in [4.78, 5) is 11.1. The van der Waals surface area contributed by atoms with Crippen LogP contribution in [-0.2, 0) is 14.3 Å². The number of carboxylic acid groups (broad SMARTS) is 1. The molecule has 30 heavy (non-hydrogen) atoms. The van der Waals surface area contributed by atoms with E-state index in [2.05, 4.69) is 0 Å². The Labute approximate surface area is 175 Å². The molecule has 0 aromatic heterocycles. The number of aliphatic carboxylic acids is 1. The van der Waals surface area contributed by atoms with Gasteiger partial charge in [-0.2, -0.15) is 0 Å². The molecule has 3 rings (SSSR count). The molecule has 0 radical (unpaired) electrons. The van der Waals surface area contributed by atoms with Gasteiger partial charge in [0.05, 0.1) is 13.2 Å². The number of rotatable bonds is 3. The zero-order valence-corrected chi connectivity index (χ0v) is 16.9. The highest BCUT2D eigenvalue weighted by Gasteiger charge is 2.30. The Morgan fingerprint density at radius 2 is 1.27 bits per heavy atom. The van der Waals surface area contributed by atoms with Gasteiger partial charge in [-0.15, -0.1) is 0 Å². The summed E-state index contributed by atoms with van der Waals surface area (Å²) in [5, 5.41) is 9.05. The van der Waals surface area contributed by atoms with Gasteiger partial charge in [0, 0.05) is 0 Å². The highest BCUT2D eigenvalue weighted by molar-refractivity contribution is 5.68. The summed E-state index contributed by atoms with van der Waals surface area (Å²) in [5.41, 5.74) is -1.03. The van der Waals surface area contributed by atoms with Crippen LogP contribution in [0.4, 0.5) is 0 Å². The SMILES string of the molecule is CC1(OCC(=O)O)COc2ccccc2OCCOCCOc2ccccc2OC1. The van der Waals surface area contributed by atoms with E-state index in [-0.39, 0.29) is 13.2 Å². The number of hydrogen-bond donors (Lipinski definition) is 1. The molecule has 0 unspecified atom stereocenters. The predicted molar refractivity (Wildman–Crippen MR) is 108 cm³/mol. The van der Waals surface area contributed by atoms with Gasteiger partial charge in [-0.05, 0) is 31.2 Å². The molecule has 0 fully saturated rings. The van der Waals surface area contributed by atoms with E-state index < -0.39 is 18.2 Å². The predicted octanol–water partition coefficient (Wildman–Crippen LogP) is 2.79. The zero-order chi connectivity index (χ0) is 21.2. The van der Waals surface area contributed by atoms with Crippen molar-refractivity contribution in [1.29, 1.82) is 0 Å². The van der Waals surface area contributed by atoms with Gasteiger partial charge in [0.15, 0.2) is 23.0 Å². The average molecular weight is 418 g/mol. The minimum absolute atomic E-state index is 0.0557. The van der Waals surface area contributed by atoms with Crippen molar-refractivity contribution in [2.75, 3.05) is 46.2 Å². The number of carbonyl (C=O) groups is 1. The molecule has 1 heterocycles. The molecule has 1 aliphatic rings. The van der Waals surface area contributed by atoms with E-state index in [1.807, 2.05) is 24.3 Å². The number of para-hydroxylation sites is 4. The molecule has 0 spiro atoms. The van der Waals surface area contributed by atoms with Crippen LogP contribution in [0.15, 0.2) is 48.5 Å². The van der Waals surface area contributed by atoms with E-state index >= 15 is 0 Å². The summed E-state index contributed by atoms with van der Waals surface area (Å²) in [7, 11) is 0. The van der Waals surface area contributed by atoms with Gasteiger partial charge < -0.3 is 33.5 Å². The van der Waals surface area contributed by atoms with Crippen molar-refractivity contribution in [3.63, 3.8) is 0 Å². The maximum atomic E-state index is 11.1. The normalized spacial score (nSPS) is 17.1. The minimum Gasteiger partial charge on any atom is -0.487 e. The first kappa shape index (κ1) is 21.7. The number of hydrogen-bond acceptors (Lipinski definition) is 7. The van der Waals surface area contributed by atoms with Crippen molar-refractivity contribution < 1.29 is 38.3 Å². The lowest BCUT2D eigenvalue weighted by molar-refractivity contribution is -0.153. The van der Waals surface area contributed by atoms with Crippen LogP contribution in [0, 0.1) is 0 Å². The monoisotopic (exact) mass is 418 g/mol. The van der Waals surface area contributed by atoms with Gasteiger partial charge in [0.25, 0.3) is 0 Å². The Hall–Kier alpha value is -2.97. The molecule has 8 nitrogen and oxygen atoms in total. The van der Waals surface area contributed by atoms with Gasteiger partial charge in [-0.25, -0.2) is 4.79 Å². The number of benzene rings is 2. The maximum absolute atomic E-state index is 11.1. The average Bonchev–Trinajstić information content (AvgIpc) is 2.75. The van der Waals surface area contributed by atoms with E-state index in [0.717, 1.165) is 0 Å². The van der Waals surface area contributed by atoms with E-state index in [1.54, 1.807) is 31.2 Å². The molecule has 0 saturated heterocycles. The fraction of sp³-hybridized carbons (Fsp3) is 0.409. The van der Waals surface area contributed by atoms with E-state index in [4.69, 9.17) is 33.5 Å². The second kappa shape index (κ2) is 10.7. The van der Waals surface area contributed by atoms with Crippen LogP contribution in [0.5, 0.6) is 23.0 Å². The first-order valence-electron chi connectivity index (χ1n) is 9.68. The molecule has 1 aliphatic heterocycles. The van der Waals surface area contributed by atoms with Crippen LogP contribution < -0.4 is 18.9 Å². The largest absolute Gasteiger partial charge is 0.487 e. The Morgan fingerprint density at radius 1 is 0.833 bits per heavy atom. The van der Waals surface area contributed by atoms with Crippen LogP contribution in [0.2, 0.25) is 0 Å². The van der Waals surface area contributed by atoms with Crippen LogP contribution in [-0.4, -0.2) is 62.9 Å². The smallest absolute Gasteiger partial charge is 0.329 e. The molecular formula is C22H26O8. The third-order valence-electron chi connectivity index (χ3n) is 4.28. The third-order valence-corrected chi connectivity index (χ3v) is 4.28. The molecule has 2 aromatic rings. The topological polar surface area (TPSA) is 92.7 Å². The van der Waals surface area contributed by atoms with Crippen molar-refractivity contribution in [3.8, 4) is 23.0 Å². The Kier molecular flexibility index (Phi) is 7.75. The Balaban J connectivity index is 1.80. The lowest BCUT2D eigenvalue weighted by Gasteiger charge is -2.29. The molecule has 2 aromatic carbocycles. The molecule has 1 N–H and O–H groups in total. The summed E-state index contributed by atoms with van der Waals surface area (Å²) < 4.78 is 34.5. The van der Waals surface area contributed by atoms with Crippen LogP contribution in [0.25, 0.3) is 0 Å². The van der Waals surface area contributed by atoms with Gasteiger partial charge in [-0.3, -0.25) is 0 Å². The maximum Gasteiger partial charge on any atom is 0.329 e. The Bertz CT molecular complexity index is 767. The molecular weight excluding hydrogens is 392 g/mol. The van der Waals surface area contributed by atoms with Crippen molar-refractivity contribution in [3.05, 3.63) is 48.5 Å². The van der Waals surface area contributed by atoms with Gasteiger partial charge in [0.1, 0.15) is 38.6 Å². The van der Waals surface area contributed by atoms with Gasteiger partial charge in [-0.1, -0.05) is 24.3 Å². The second-order valence-electron chi connectivity index (χ2n) is 6.91. The summed E-state index contributed by atoms with van der Waals surface area (Å²) in [6.45, 7) is 2.88. The lowest BCUT2D eigenvalue weighted by Crippen LogP contribution is -2.43. The molecule has 0 amide bonds. The van der Waals surface area contributed by atoms with Crippen molar-refractivity contribution in [2.24, 2.45) is 0 Å². The quantitative estimate of drug-likeness (QED) is 0.814. The van der Waals surface area contributed by atoms with Gasteiger partial charge >= 0.3 is 5.97 Å². The van der Waals surface area contributed by atoms with E-state index in [0.29, 0.717) is 49.4 Å². The molecule has 0 aliphatic carbocycles.